The molecular formula is C37H47NO4Si2. The number of rotatable bonds is 11. The average Bonchev–Trinajstić information content (AvgIpc) is 3.43. The molecule has 5 atom stereocenters. The predicted octanol–water partition coefficient (Wildman–Crippen LogP) is 6.72. The topological polar surface area (TPSA) is 53.7 Å². The van der Waals surface area contributed by atoms with Crippen molar-refractivity contribution in [1.82, 2.24) is 4.98 Å². The molecule has 0 N–H and O–H groups in total. The summed E-state index contributed by atoms with van der Waals surface area (Å²) in [5.74, 6) is 0.894. The highest BCUT2D eigenvalue weighted by Crippen LogP contribution is 2.38. The molecule has 1 saturated heterocycles. The van der Waals surface area contributed by atoms with Crippen molar-refractivity contribution in [2.75, 3.05) is 6.61 Å². The molecule has 232 valence electrons. The average molecular weight is 626 g/mol. The maximum atomic E-state index is 7.84. The van der Waals surface area contributed by atoms with Gasteiger partial charge in [0.25, 0.3) is 8.32 Å². The van der Waals surface area contributed by atoms with Crippen molar-refractivity contribution in [3.8, 4) is 0 Å². The lowest BCUT2D eigenvalue weighted by atomic mass is 9.80. The standard InChI is InChI=1S/C37H47NO4Si2/c1-27(25-31-26-39-30(4)38-31)36-29(3)37(28(2)35(41-36)23-24-40-43(5,6)7)42-44(32-17-11-8-12-18-32,33-19-13-9-14-20-33)34-21-15-10-16-22-34/h8-22,25-26,28-29,35-37H,23-24H2,1-7H3/b27-25+/t28-,29-,35+,36-,37-/m0/s1. The summed E-state index contributed by atoms with van der Waals surface area (Å²) in [7, 11) is -4.61. The molecule has 0 bridgehead atoms. The van der Waals surface area contributed by atoms with Gasteiger partial charge in [-0.1, -0.05) is 105 Å². The molecule has 5 nitrogen and oxygen atoms in total. The van der Waals surface area contributed by atoms with Gasteiger partial charge in [0.05, 0.1) is 18.3 Å². The van der Waals surface area contributed by atoms with Crippen LogP contribution in [0.5, 0.6) is 0 Å². The summed E-state index contributed by atoms with van der Waals surface area (Å²) in [6.07, 6.45) is 4.40. The maximum Gasteiger partial charge on any atom is 0.288 e. The fourth-order valence-corrected chi connectivity index (χ4v) is 11.5. The van der Waals surface area contributed by atoms with Crippen LogP contribution in [0.2, 0.25) is 19.6 Å². The van der Waals surface area contributed by atoms with Crippen LogP contribution in [-0.4, -0.2) is 46.5 Å². The molecule has 0 saturated carbocycles. The number of hydrogen-bond acceptors (Lipinski definition) is 5. The van der Waals surface area contributed by atoms with E-state index in [0.717, 1.165) is 17.7 Å². The Bertz CT molecular complexity index is 1400. The van der Waals surface area contributed by atoms with Crippen LogP contribution in [0, 0.1) is 18.8 Å². The summed E-state index contributed by atoms with van der Waals surface area (Å²) >= 11 is 0. The third-order valence-electron chi connectivity index (χ3n) is 8.67. The van der Waals surface area contributed by atoms with Gasteiger partial charge >= 0.3 is 0 Å². The molecule has 3 aromatic carbocycles. The van der Waals surface area contributed by atoms with Crippen LogP contribution < -0.4 is 15.6 Å². The first-order valence-electron chi connectivity index (χ1n) is 15.8. The van der Waals surface area contributed by atoms with Gasteiger partial charge in [0.15, 0.2) is 14.2 Å². The normalized spacial score (nSPS) is 23.1. The van der Waals surface area contributed by atoms with Crippen molar-refractivity contribution in [2.24, 2.45) is 11.8 Å². The Kier molecular flexibility index (Phi) is 10.2. The second-order valence-corrected chi connectivity index (χ2v) is 20.9. The molecule has 2 heterocycles. The third kappa shape index (κ3) is 7.24. The maximum absolute atomic E-state index is 7.84. The first-order chi connectivity index (χ1) is 21.1. The van der Waals surface area contributed by atoms with Gasteiger partial charge in [-0.25, -0.2) is 4.98 Å². The molecule has 44 heavy (non-hydrogen) atoms. The lowest BCUT2D eigenvalue weighted by Gasteiger charge is -2.49. The highest BCUT2D eigenvalue weighted by Gasteiger charge is 2.50. The van der Waals surface area contributed by atoms with Gasteiger partial charge in [0.2, 0.25) is 0 Å². The minimum absolute atomic E-state index is 0.0195. The first-order valence-corrected chi connectivity index (χ1v) is 21.1. The van der Waals surface area contributed by atoms with E-state index in [0.29, 0.717) is 12.5 Å². The summed E-state index contributed by atoms with van der Waals surface area (Å²) in [5, 5.41) is 3.72. The molecule has 1 aliphatic rings. The highest BCUT2D eigenvalue weighted by molar-refractivity contribution is 7.07. The van der Waals surface area contributed by atoms with Crippen LogP contribution in [0.25, 0.3) is 6.08 Å². The van der Waals surface area contributed by atoms with E-state index in [2.05, 4.69) is 142 Å². The number of aryl methyl sites for hydroxylation is 1. The van der Waals surface area contributed by atoms with Crippen LogP contribution in [0.3, 0.4) is 0 Å². The minimum atomic E-state index is -2.95. The number of oxazole rings is 1. The van der Waals surface area contributed by atoms with Crippen molar-refractivity contribution in [3.05, 3.63) is 114 Å². The van der Waals surface area contributed by atoms with Gasteiger partial charge in [0, 0.05) is 25.4 Å². The van der Waals surface area contributed by atoms with E-state index >= 15 is 0 Å². The Morgan fingerprint density at radius 2 is 1.34 bits per heavy atom. The smallest absolute Gasteiger partial charge is 0.288 e. The Morgan fingerprint density at radius 1 is 0.818 bits per heavy atom. The predicted molar refractivity (Wildman–Crippen MR) is 185 cm³/mol. The van der Waals surface area contributed by atoms with E-state index in [4.69, 9.17) is 18.0 Å². The zero-order chi connectivity index (χ0) is 31.3. The molecular weight excluding hydrogens is 579 g/mol. The zero-order valence-electron chi connectivity index (χ0n) is 27.2. The van der Waals surface area contributed by atoms with E-state index < -0.39 is 16.6 Å². The summed E-state index contributed by atoms with van der Waals surface area (Å²) in [6.45, 7) is 16.0. The third-order valence-corrected chi connectivity index (χ3v) is 13.8. The van der Waals surface area contributed by atoms with Crippen LogP contribution in [0.1, 0.15) is 38.8 Å². The number of aromatic nitrogens is 1. The van der Waals surface area contributed by atoms with Crippen molar-refractivity contribution in [1.29, 1.82) is 0 Å². The largest absolute Gasteiger partial charge is 0.449 e. The summed E-state index contributed by atoms with van der Waals surface area (Å²) in [5.41, 5.74) is 1.93. The highest BCUT2D eigenvalue weighted by atomic mass is 28.4. The van der Waals surface area contributed by atoms with Crippen molar-refractivity contribution < 1.29 is 18.0 Å². The molecule has 0 amide bonds. The lowest BCUT2D eigenvalue weighted by Crippen LogP contribution is -2.72. The molecule has 0 spiro atoms. The van der Waals surface area contributed by atoms with Gasteiger partial charge in [-0.2, -0.15) is 0 Å². The van der Waals surface area contributed by atoms with Crippen molar-refractivity contribution in [3.63, 3.8) is 0 Å². The van der Waals surface area contributed by atoms with E-state index in [1.165, 1.54) is 15.6 Å². The van der Waals surface area contributed by atoms with Gasteiger partial charge in [-0.05, 0) is 60.2 Å². The molecule has 5 rings (SSSR count). The second-order valence-electron chi connectivity index (χ2n) is 13.1. The SMILES string of the molecule is C/C(=C\c1coc(C)n1)[C@@H]1O[C@H](CCO[Si](C)(C)C)[C@H](C)[C@H](O[Si](c2ccccc2)(c2ccccc2)c2ccccc2)[C@H]1C. The molecule has 0 radical (unpaired) electrons. The molecule has 0 aliphatic carbocycles. The van der Waals surface area contributed by atoms with Gasteiger partial charge in [-0.3, -0.25) is 0 Å². The number of hydrogen-bond donors (Lipinski definition) is 0. The van der Waals surface area contributed by atoms with E-state index in [1.54, 1.807) is 6.26 Å². The molecule has 4 aromatic rings. The Morgan fingerprint density at radius 3 is 1.80 bits per heavy atom. The van der Waals surface area contributed by atoms with E-state index in [-0.39, 0.29) is 30.1 Å². The zero-order valence-corrected chi connectivity index (χ0v) is 29.2. The number of ether oxygens (including phenoxy) is 1. The molecule has 1 aromatic heterocycles. The van der Waals surface area contributed by atoms with Gasteiger partial charge in [-0.15, -0.1) is 0 Å². The lowest BCUT2D eigenvalue weighted by molar-refractivity contribution is -0.147. The van der Waals surface area contributed by atoms with E-state index in [9.17, 15) is 0 Å². The Hall–Kier alpha value is -3.08. The number of benzene rings is 3. The monoisotopic (exact) mass is 625 g/mol. The van der Waals surface area contributed by atoms with Crippen LogP contribution >= 0.6 is 0 Å². The van der Waals surface area contributed by atoms with E-state index in [1.807, 2.05) is 6.92 Å². The molecule has 0 unspecified atom stereocenters. The Balaban J connectivity index is 1.61. The molecule has 1 aliphatic heterocycles. The first kappa shape index (κ1) is 32.3. The van der Waals surface area contributed by atoms with Crippen LogP contribution in [-0.2, 0) is 13.6 Å². The summed E-state index contributed by atoms with van der Waals surface area (Å²) in [6, 6.07) is 32.5. The fraction of sp³-hybridized carbons (Fsp3) is 0.378. The fourth-order valence-electron chi connectivity index (χ4n) is 6.54. The quantitative estimate of drug-likeness (QED) is 0.137. The second kappa shape index (κ2) is 13.9. The van der Waals surface area contributed by atoms with Crippen molar-refractivity contribution in [2.45, 2.75) is 72.1 Å². The van der Waals surface area contributed by atoms with Crippen molar-refractivity contribution >= 4 is 38.3 Å². The summed E-state index contributed by atoms with van der Waals surface area (Å²) in [4.78, 5) is 4.54. The van der Waals surface area contributed by atoms with Gasteiger partial charge < -0.3 is 18.0 Å². The van der Waals surface area contributed by atoms with Crippen LogP contribution in [0.4, 0.5) is 0 Å². The molecule has 7 heteroatoms. The summed E-state index contributed by atoms with van der Waals surface area (Å²) < 4.78 is 26.7. The van der Waals surface area contributed by atoms with Gasteiger partial charge in [0.1, 0.15) is 12.0 Å². The minimum Gasteiger partial charge on any atom is -0.449 e. The van der Waals surface area contributed by atoms with Crippen LogP contribution in [0.15, 0.2) is 107 Å². The molecule has 1 fully saturated rings. The Labute approximate surface area is 265 Å². The number of nitrogens with zero attached hydrogens (tertiary/aromatic N) is 1.